The van der Waals surface area contributed by atoms with Gasteiger partial charge in [0.25, 0.3) is 0 Å². The number of hydrogen-bond donors (Lipinski definition) is 1. The van der Waals surface area contributed by atoms with E-state index < -0.39 is 0 Å². The van der Waals surface area contributed by atoms with E-state index in [2.05, 4.69) is 51.3 Å². The van der Waals surface area contributed by atoms with Gasteiger partial charge in [-0.2, -0.15) is 0 Å². The summed E-state index contributed by atoms with van der Waals surface area (Å²) in [6, 6.07) is 12.2. The Morgan fingerprint density at radius 1 is 1.22 bits per heavy atom. The van der Waals surface area contributed by atoms with Crippen molar-refractivity contribution >= 4 is 33.3 Å². The van der Waals surface area contributed by atoms with E-state index in [0.717, 1.165) is 24.1 Å². The summed E-state index contributed by atoms with van der Waals surface area (Å²) in [6.45, 7) is 0. The minimum absolute atomic E-state index is 0.00215. The molecule has 4 aromatic rings. The molecule has 0 saturated carbocycles. The topological polar surface area (TPSA) is 59.8 Å². The zero-order chi connectivity index (χ0) is 18.6. The molecule has 27 heavy (non-hydrogen) atoms. The number of aryl methyl sites for hydroxylation is 2. The minimum atomic E-state index is 0.00215. The molecule has 0 atom stereocenters. The van der Waals surface area contributed by atoms with Gasteiger partial charge in [-0.25, -0.2) is 4.98 Å². The summed E-state index contributed by atoms with van der Waals surface area (Å²) in [5.74, 6) is 0.00215. The number of pyridine rings is 1. The molecule has 1 amide bonds. The number of fused-ring (bicyclic) bond motifs is 1. The largest absolute Gasteiger partial charge is 0.350 e. The number of hydrogen-bond acceptors (Lipinski definition) is 4. The SMILES string of the molecule is Cn1cc(CCCC(=O)Nc2nc(-c3cccnc3)cs2)c2ccccc21. The van der Waals surface area contributed by atoms with E-state index in [-0.39, 0.29) is 5.91 Å². The van der Waals surface area contributed by atoms with Gasteiger partial charge in [-0.1, -0.05) is 18.2 Å². The summed E-state index contributed by atoms with van der Waals surface area (Å²) in [4.78, 5) is 20.8. The van der Waals surface area contributed by atoms with Crippen LogP contribution in [-0.2, 0) is 18.3 Å². The maximum atomic E-state index is 12.3. The highest BCUT2D eigenvalue weighted by Gasteiger charge is 2.10. The molecule has 0 aliphatic carbocycles. The molecule has 0 unspecified atom stereocenters. The molecule has 0 aliphatic rings. The molecule has 1 aromatic carbocycles. The number of anilines is 1. The molecule has 0 bridgehead atoms. The Labute approximate surface area is 161 Å². The molecule has 0 aliphatic heterocycles. The van der Waals surface area contributed by atoms with Crippen molar-refractivity contribution in [2.45, 2.75) is 19.3 Å². The van der Waals surface area contributed by atoms with Crippen LogP contribution in [0.3, 0.4) is 0 Å². The third-order valence-corrected chi connectivity index (χ3v) is 5.29. The summed E-state index contributed by atoms with van der Waals surface area (Å²) < 4.78 is 2.14. The molecule has 0 saturated heterocycles. The number of carbonyl (C=O) groups excluding carboxylic acids is 1. The van der Waals surface area contributed by atoms with Crippen LogP contribution < -0.4 is 5.32 Å². The lowest BCUT2D eigenvalue weighted by Gasteiger charge is -2.02. The number of nitrogens with one attached hydrogen (secondary N) is 1. The van der Waals surface area contributed by atoms with Gasteiger partial charge in [0, 0.05) is 53.9 Å². The van der Waals surface area contributed by atoms with Crippen molar-refractivity contribution < 1.29 is 4.79 Å². The molecule has 0 radical (unpaired) electrons. The molecular formula is C21H20N4OS. The second-order valence-corrected chi connectivity index (χ2v) is 7.32. The van der Waals surface area contributed by atoms with Crippen LogP contribution in [0.1, 0.15) is 18.4 Å². The number of para-hydroxylation sites is 1. The van der Waals surface area contributed by atoms with E-state index in [0.29, 0.717) is 11.6 Å². The van der Waals surface area contributed by atoms with Crippen molar-refractivity contribution in [1.29, 1.82) is 0 Å². The smallest absolute Gasteiger partial charge is 0.226 e. The Bertz CT molecular complexity index is 1070. The van der Waals surface area contributed by atoms with Crippen molar-refractivity contribution in [3.05, 3.63) is 65.9 Å². The lowest BCUT2D eigenvalue weighted by Crippen LogP contribution is -2.11. The number of amides is 1. The summed E-state index contributed by atoms with van der Waals surface area (Å²) in [5, 5.41) is 6.73. The van der Waals surface area contributed by atoms with Gasteiger partial charge in [0.1, 0.15) is 0 Å². The second-order valence-electron chi connectivity index (χ2n) is 6.46. The predicted octanol–water partition coefficient (Wildman–Crippen LogP) is 4.66. The Hall–Kier alpha value is -2.99. The van der Waals surface area contributed by atoms with Gasteiger partial charge in [0.05, 0.1) is 5.69 Å². The highest BCUT2D eigenvalue weighted by atomic mass is 32.1. The van der Waals surface area contributed by atoms with Gasteiger partial charge in [0.2, 0.25) is 5.91 Å². The monoisotopic (exact) mass is 376 g/mol. The molecule has 3 heterocycles. The highest BCUT2D eigenvalue weighted by Crippen LogP contribution is 2.25. The first-order valence-corrected chi connectivity index (χ1v) is 9.77. The number of rotatable bonds is 6. The van der Waals surface area contributed by atoms with Crippen LogP contribution in [0, 0.1) is 0 Å². The third-order valence-electron chi connectivity index (χ3n) is 4.54. The Morgan fingerprint density at radius 2 is 2.11 bits per heavy atom. The van der Waals surface area contributed by atoms with Gasteiger partial charge in [-0.05, 0) is 36.6 Å². The van der Waals surface area contributed by atoms with Crippen LogP contribution in [0.15, 0.2) is 60.4 Å². The fourth-order valence-electron chi connectivity index (χ4n) is 3.22. The first-order valence-electron chi connectivity index (χ1n) is 8.89. The zero-order valence-electron chi connectivity index (χ0n) is 15.1. The van der Waals surface area contributed by atoms with E-state index in [1.54, 1.807) is 12.4 Å². The molecule has 3 aromatic heterocycles. The van der Waals surface area contributed by atoms with Crippen molar-refractivity contribution in [2.75, 3.05) is 5.32 Å². The standard InChI is InChI=1S/C21H20N4OS/c1-25-13-16(17-8-2-3-9-19(17)25)6-4-10-20(26)24-21-23-18(14-27-21)15-7-5-11-22-12-15/h2-3,5,7-9,11-14H,4,6,10H2,1H3,(H,23,24,26). The van der Waals surface area contributed by atoms with E-state index in [4.69, 9.17) is 0 Å². The Morgan fingerprint density at radius 3 is 2.96 bits per heavy atom. The molecule has 5 nitrogen and oxygen atoms in total. The van der Waals surface area contributed by atoms with Crippen molar-refractivity contribution in [1.82, 2.24) is 14.5 Å². The van der Waals surface area contributed by atoms with Gasteiger partial charge in [0.15, 0.2) is 5.13 Å². The molecule has 136 valence electrons. The fourth-order valence-corrected chi connectivity index (χ4v) is 3.96. The zero-order valence-corrected chi connectivity index (χ0v) is 15.9. The van der Waals surface area contributed by atoms with E-state index in [9.17, 15) is 4.79 Å². The van der Waals surface area contributed by atoms with Crippen LogP contribution in [-0.4, -0.2) is 20.4 Å². The third kappa shape index (κ3) is 3.90. The average Bonchev–Trinajstić information content (AvgIpc) is 3.28. The van der Waals surface area contributed by atoms with Crippen molar-refractivity contribution in [2.24, 2.45) is 7.05 Å². The first kappa shape index (κ1) is 17.4. The van der Waals surface area contributed by atoms with Crippen molar-refractivity contribution in [3.8, 4) is 11.3 Å². The number of aromatic nitrogens is 3. The van der Waals surface area contributed by atoms with E-state index in [1.165, 1.54) is 27.8 Å². The van der Waals surface area contributed by atoms with Gasteiger partial charge in [-0.15, -0.1) is 11.3 Å². The number of benzene rings is 1. The van der Waals surface area contributed by atoms with Crippen LogP contribution in [0.4, 0.5) is 5.13 Å². The molecule has 0 fully saturated rings. The lowest BCUT2D eigenvalue weighted by atomic mass is 10.1. The average molecular weight is 376 g/mol. The number of nitrogens with zero attached hydrogens (tertiary/aromatic N) is 3. The normalized spacial score (nSPS) is 11.0. The van der Waals surface area contributed by atoms with Gasteiger partial charge >= 0.3 is 0 Å². The summed E-state index contributed by atoms with van der Waals surface area (Å²) in [6.07, 6.45) is 7.82. The van der Waals surface area contributed by atoms with Crippen LogP contribution >= 0.6 is 11.3 Å². The predicted molar refractivity (Wildman–Crippen MR) is 110 cm³/mol. The molecular weight excluding hydrogens is 356 g/mol. The van der Waals surface area contributed by atoms with E-state index in [1.807, 2.05) is 23.6 Å². The van der Waals surface area contributed by atoms with Gasteiger partial charge < -0.3 is 9.88 Å². The molecule has 6 heteroatoms. The number of thiazole rings is 1. The second kappa shape index (κ2) is 7.72. The highest BCUT2D eigenvalue weighted by molar-refractivity contribution is 7.14. The molecule has 0 spiro atoms. The van der Waals surface area contributed by atoms with Crippen LogP contribution in [0.2, 0.25) is 0 Å². The molecule has 1 N–H and O–H groups in total. The van der Waals surface area contributed by atoms with Crippen molar-refractivity contribution in [3.63, 3.8) is 0 Å². The minimum Gasteiger partial charge on any atom is -0.350 e. The Balaban J connectivity index is 1.33. The quantitative estimate of drug-likeness (QED) is 0.532. The maximum absolute atomic E-state index is 12.3. The summed E-state index contributed by atoms with van der Waals surface area (Å²) in [7, 11) is 2.06. The Kier molecular flexibility index (Phi) is 4.98. The summed E-state index contributed by atoms with van der Waals surface area (Å²) in [5.41, 5.74) is 4.29. The first-order chi connectivity index (χ1) is 13.2. The van der Waals surface area contributed by atoms with Crippen LogP contribution in [0.5, 0.6) is 0 Å². The summed E-state index contributed by atoms with van der Waals surface area (Å²) >= 11 is 1.43. The lowest BCUT2D eigenvalue weighted by molar-refractivity contribution is -0.116. The van der Waals surface area contributed by atoms with Crippen LogP contribution in [0.25, 0.3) is 22.2 Å². The molecule has 4 rings (SSSR count). The van der Waals surface area contributed by atoms with Gasteiger partial charge in [-0.3, -0.25) is 9.78 Å². The fraction of sp³-hybridized carbons (Fsp3) is 0.190. The maximum Gasteiger partial charge on any atom is 0.226 e. The number of carbonyl (C=O) groups is 1. The van der Waals surface area contributed by atoms with E-state index >= 15 is 0 Å².